The van der Waals surface area contributed by atoms with Crippen molar-refractivity contribution in [1.29, 1.82) is 0 Å². The highest BCUT2D eigenvalue weighted by Crippen LogP contribution is 2.27. The number of hydrogen-bond acceptors (Lipinski definition) is 9. The van der Waals surface area contributed by atoms with E-state index in [0.717, 1.165) is 0 Å². The molecule has 2 N–H and O–H groups in total. The Hall–Kier alpha value is -3.77. The Kier molecular flexibility index (Phi) is 8.89. The van der Waals surface area contributed by atoms with E-state index in [0.29, 0.717) is 39.6 Å². The molecule has 11 nitrogen and oxygen atoms in total. The predicted molar refractivity (Wildman–Crippen MR) is 147 cm³/mol. The topological polar surface area (TPSA) is 148 Å². The number of carbonyl (C=O) groups is 3. The van der Waals surface area contributed by atoms with Crippen LogP contribution in [0.15, 0.2) is 52.0 Å². The molecule has 12 heteroatoms. The van der Waals surface area contributed by atoms with Crippen molar-refractivity contribution in [2.75, 3.05) is 20.2 Å². The molecule has 1 fully saturated rings. The van der Waals surface area contributed by atoms with Crippen molar-refractivity contribution in [2.24, 2.45) is 5.92 Å². The fraction of sp³-hybridized carbons (Fsp3) is 0.429. The average molecular weight is 571 g/mol. The molecule has 3 heterocycles. The molecule has 0 spiro atoms. The fourth-order valence-electron chi connectivity index (χ4n) is 4.77. The van der Waals surface area contributed by atoms with Crippen molar-refractivity contribution in [3.8, 4) is 5.75 Å². The van der Waals surface area contributed by atoms with E-state index in [1.165, 1.54) is 19.4 Å². The van der Waals surface area contributed by atoms with Gasteiger partial charge in [-0.15, -0.1) is 0 Å². The zero-order valence-electron chi connectivity index (χ0n) is 23.0. The van der Waals surface area contributed by atoms with E-state index in [9.17, 15) is 22.8 Å². The van der Waals surface area contributed by atoms with Gasteiger partial charge in [0.2, 0.25) is 0 Å². The second kappa shape index (κ2) is 12.2. The fourth-order valence-corrected chi connectivity index (χ4v) is 6.55. The van der Waals surface area contributed by atoms with Crippen molar-refractivity contribution >= 4 is 38.6 Å². The molecule has 1 aliphatic heterocycles. The Bertz CT molecular complexity index is 1520. The number of furan rings is 1. The van der Waals surface area contributed by atoms with Gasteiger partial charge in [-0.3, -0.25) is 14.4 Å². The standard InChI is InChI=1S/C28H34N4O7S/c1-17(2)13-21(31-26(34)25-15-19-14-20(38-4)9-10-24(19)39-25)28(35)32(22-8-6-11-29-16-23(22)33)40(36,37)27-18(3)7-5-12-30-27/h5,7,9-10,12,14-15,17,21-22,29H,6,8,11,13,16H2,1-4H3,(H,31,34)/t21?,22-/m0/s1. The molecular formula is C28H34N4O7S. The molecule has 2 atom stereocenters. The first-order valence-electron chi connectivity index (χ1n) is 13.1. The Morgan fingerprint density at radius 2 is 2.02 bits per heavy atom. The Labute approximate surface area is 233 Å². The van der Waals surface area contributed by atoms with Crippen LogP contribution in [0.4, 0.5) is 0 Å². The number of methoxy groups -OCH3 is 1. The number of Topliss-reactive ketones (excluding diaryl/α,β-unsaturated/α-hetero) is 1. The van der Waals surface area contributed by atoms with Gasteiger partial charge >= 0.3 is 0 Å². The number of carbonyl (C=O) groups excluding carboxylic acids is 3. The zero-order valence-corrected chi connectivity index (χ0v) is 23.8. The van der Waals surface area contributed by atoms with E-state index < -0.39 is 39.7 Å². The molecule has 1 aliphatic rings. The van der Waals surface area contributed by atoms with Crippen LogP contribution in [0.2, 0.25) is 0 Å². The summed E-state index contributed by atoms with van der Waals surface area (Å²) in [7, 11) is -3.03. The van der Waals surface area contributed by atoms with Gasteiger partial charge in [0.15, 0.2) is 16.6 Å². The second-order valence-electron chi connectivity index (χ2n) is 10.2. The van der Waals surface area contributed by atoms with Gasteiger partial charge in [-0.05, 0) is 74.5 Å². The number of benzene rings is 1. The summed E-state index contributed by atoms with van der Waals surface area (Å²) in [6.45, 7) is 5.71. The Balaban J connectivity index is 1.73. The molecule has 0 saturated carbocycles. The lowest BCUT2D eigenvalue weighted by molar-refractivity contribution is -0.135. The Morgan fingerprint density at radius 1 is 1.25 bits per heavy atom. The molecule has 214 valence electrons. The van der Waals surface area contributed by atoms with E-state index in [-0.39, 0.29) is 36.1 Å². The largest absolute Gasteiger partial charge is 0.497 e. The van der Waals surface area contributed by atoms with Crippen LogP contribution in [0, 0.1) is 12.8 Å². The molecule has 0 aliphatic carbocycles. The smallest absolute Gasteiger partial charge is 0.287 e. The molecule has 1 unspecified atom stereocenters. The van der Waals surface area contributed by atoms with E-state index in [2.05, 4.69) is 15.6 Å². The van der Waals surface area contributed by atoms with Gasteiger partial charge in [0.25, 0.3) is 21.8 Å². The summed E-state index contributed by atoms with van der Waals surface area (Å²) in [4.78, 5) is 44.6. The summed E-state index contributed by atoms with van der Waals surface area (Å²) in [5, 5.41) is 5.96. The zero-order chi connectivity index (χ0) is 29.0. The van der Waals surface area contributed by atoms with E-state index >= 15 is 0 Å². The van der Waals surface area contributed by atoms with E-state index in [1.54, 1.807) is 37.3 Å². The number of aromatic nitrogens is 1. The molecule has 0 bridgehead atoms. The number of fused-ring (bicyclic) bond motifs is 1. The second-order valence-corrected chi connectivity index (χ2v) is 12.0. The van der Waals surface area contributed by atoms with E-state index in [1.807, 2.05) is 13.8 Å². The monoisotopic (exact) mass is 570 g/mol. The third-order valence-corrected chi connectivity index (χ3v) is 8.59. The molecular weight excluding hydrogens is 536 g/mol. The van der Waals surface area contributed by atoms with Gasteiger partial charge in [0.1, 0.15) is 23.4 Å². The number of ketones is 1. The normalized spacial score (nSPS) is 16.9. The summed E-state index contributed by atoms with van der Waals surface area (Å²) in [6.07, 6.45) is 2.09. The van der Waals surface area contributed by atoms with Crippen LogP contribution in [0.5, 0.6) is 5.75 Å². The molecule has 2 aromatic heterocycles. The van der Waals surface area contributed by atoms with Gasteiger partial charge < -0.3 is 19.8 Å². The van der Waals surface area contributed by atoms with Gasteiger partial charge in [-0.2, -0.15) is 8.42 Å². The van der Waals surface area contributed by atoms with Crippen LogP contribution in [0.3, 0.4) is 0 Å². The Morgan fingerprint density at radius 3 is 2.73 bits per heavy atom. The van der Waals surface area contributed by atoms with Gasteiger partial charge in [-0.1, -0.05) is 19.9 Å². The summed E-state index contributed by atoms with van der Waals surface area (Å²) in [5.41, 5.74) is 0.783. The summed E-state index contributed by atoms with van der Waals surface area (Å²) < 4.78 is 39.6. The van der Waals surface area contributed by atoms with Crippen molar-refractivity contribution in [1.82, 2.24) is 19.9 Å². The van der Waals surface area contributed by atoms with Gasteiger partial charge in [0.05, 0.1) is 13.7 Å². The molecule has 4 rings (SSSR count). The molecule has 2 amide bonds. The number of amides is 2. The molecule has 1 saturated heterocycles. The first-order chi connectivity index (χ1) is 19.0. The van der Waals surface area contributed by atoms with Crippen molar-refractivity contribution in [3.63, 3.8) is 0 Å². The summed E-state index contributed by atoms with van der Waals surface area (Å²) in [5.74, 6) is -1.57. The highest BCUT2D eigenvalue weighted by atomic mass is 32.2. The lowest BCUT2D eigenvalue weighted by Gasteiger charge is -2.33. The number of rotatable bonds is 9. The van der Waals surface area contributed by atoms with Crippen molar-refractivity contribution < 1.29 is 32.0 Å². The number of pyridine rings is 1. The molecule has 0 radical (unpaired) electrons. The average Bonchev–Trinajstić information content (AvgIpc) is 3.24. The van der Waals surface area contributed by atoms with Crippen LogP contribution >= 0.6 is 0 Å². The highest BCUT2D eigenvalue weighted by molar-refractivity contribution is 7.89. The lowest BCUT2D eigenvalue weighted by Crippen LogP contribution is -2.56. The number of nitrogens with zero attached hydrogens (tertiary/aromatic N) is 2. The van der Waals surface area contributed by atoms with Crippen molar-refractivity contribution in [3.05, 3.63) is 53.9 Å². The maximum absolute atomic E-state index is 14.2. The number of sulfonamides is 1. The lowest BCUT2D eigenvalue weighted by atomic mass is 10.0. The summed E-state index contributed by atoms with van der Waals surface area (Å²) in [6, 6.07) is 7.26. The number of ether oxygens (including phenoxy) is 1. The van der Waals surface area contributed by atoms with Crippen LogP contribution < -0.4 is 15.4 Å². The summed E-state index contributed by atoms with van der Waals surface area (Å²) >= 11 is 0. The molecule has 40 heavy (non-hydrogen) atoms. The predicted octanol–water partition coefficient (Wildman–Crippen LogP) is 2.83. The quantitative estimate of drug-likeness (QED) is 0.396. The minimum absolute atomic E-state index is 0.0467. The van der Waals surface area contributed by atoms with Crippen LogP contribution in [0.1, 0.15) is 49.2 Å². The van der Waals surface area contributed by atoms with E-state index in [4.69, 9.17) is 9.15 Å². The first-order valence-corrected chi connectivity index (χ1v) is 14.6. The molecule has 3 aromatic rings. The minimum Gasteiger partial charge on any atom is -0.497 e. The van der Waals surface area contributed by atoms with Crippen LogP contribution in [-0.2, 0) is 19.6 Å². The SMILES string of the molecule is COc1ccc2oc(C(=O)NC(CC(C)C)C(=O)N([C@H]3CCCNCC3=O)S(=O)(=O)c3ncccc3C)cc2c1. The third kappa shape index (κ3) is 6.18. The van der Waals surface area contributed by atoms with Gasteiger partial charge in [0, 0.05) is 11.6 Å². The minimum atomic E-state index is -4.55. The third-order valence-electron chi connectivity index (χ3n) is 6.72. The number of aryl methyl sites for hydroxylation is 1. The highest BCUT2D eigenvalue weighted by Gasteiger charge is 2.44. The van der Waals surface area contributed by atoms with Gasteiger partial charge in [-0.25, -0.2) is 9.29 Å². The van der Waals surface area contributed by atoms with Crippen LogP contribution in [-0.4, -0.2) is 67.6 Å². The molecule has 1 aromatic carbocycles. The number of nitrogens with one attached hydrogen (secondary N) is 2. The maximum Gasteiger partial charge on any atom is 0.287 e. The van der Waals surface area contributed by atoms with Crippen molar-refractivity contribution in [2.45, 2.75) is 57.1 Å². The first kappa shape index (κ1) is 29.2. The van der Waals surface area contributed by atoms with Crippen LogP contribution in [0.25, 0.3) is 11.0 Å². The maximum atomic E-state index is 14.2. The number of hydrogen-bond donors (Lipinski definition) is 2.